The number of alkyl halides is 3. The van der Waals surface area contributed by atoms with Gasteiger partial charge in [-0.2, -0.15) is 13.2 Å². The number of likely N-dealkylation sites (N-methyl/N-ethyl adjacent to an activating group) is 1. The molecule has 0 radical (unpaired) electrons. The van der Waals surface area contributed by atoms with E-state index in [-0.39, 0.29) is 12.1 Å². The van der Waals surface area contributed by atoms with Crippen LogP contribution in [0.25, 0.3) is 16.8 Å². The molecule has 0 saturated carbocycles. The molecule has 7 heteroatoms. The van der Waals surface area contributed by atoms with E-state index in [1.807, 2.05) is 74.8 Å². The van der Waals surface area contributed by atoms with E-state index < -0.39 is 11.7 Å². The Balaban J connectivity index is 1.33. The molecule has 0 amide bonds. The summed E-state index contributed by atoms with van der Waals surface area (Å²) in [5.74, 6) is 6.43. The van der Waals surface area contributed by atoms with Crippen molar-refractivity contribution in [3.05, 3.63) is 125 Å². The Kier molecular flexibility index (Phi) is 8.77. The smallest absolute Gasteiger partial charge is 0.356 e. The van der Waals surface area contributed by atoms with E-state index in [1.165, 1.54) is 6.07 Å². The lowest BCUT2D eigenvalue weighted by molar-refractivity contribution is -0.138. The molecule has 0 unspecified atom stereocenters. The molecule has 5 rings (SSSR count). The Hall–Kier alpha value is -4.38. The fourth-order valence-corrected chi connectivity index (χ4v) is 4.93. The first-order chi connectivity index (χ1) is 20.2. The minimum absolute atomic E-state index is 0.272. The van der Waals surface area contributed by atoms with Crippen molar-refractivity contribution in [2.24, 2.45) is 0 Å². The van der Waals surface area contributed by atoms with Crippen LogP contribution in [0.2, 0.25) is 0 Å². The van der Waals surface area contributed by atoms with Crippen molar-refractivity contribution in [1.82, 2.24) is 14.8 Å². The highest BCUT2D eigenvalue weighted by atomic mass is 19.4. The van der Waals surface area contributed by atoms with Crippen molar-refractivity contribution in [3.63, 3.8) is 0 Å². The highest BCUT2D eigenvalue weighted by Crippen LogP contribution is 2.35. The van der Waals surface area contributed by atoms with Crippen LogP contribution < -0.4 is 5.32 Å². The summed E-state index contributed by atoms with van der Waals surface area (Å²) in [4.78, 5) is 8.60. The van der Waals surface area contributed by atoms with Crippen LogP contribution >= 0.6 is 0 Å². The Morgan fingerprint density at radius 1 is 0.905 bits per heavy atom. The molecular weight excluding hydrogens is 533 g/mol. The number of aryl methyl sites for hydroxylation is 1. The van der Waals surface area contributed by atoms with Gasteiger partial charge in [-0.05, 0) is 60.5 Å². The number of aromatic nitrogens is 1. The molecule has 4 nitrogen and oxygen atoms in total. The third-order valence-corrected chi connectivity index (χ3v) is 7.47. The molecule has 4 aromatic rings. The summed E-state index contributed by atoms with van der Waals surface area (Å²) in [6.07, 6.45) is -0.920. The van der Waals surface area contributed by atoms with E-state index >= 15 is 0 Å². The second kappa shape index (κ2) is 12.6. The third-order valence-electron chi connectivity index (χ3n) is 7.47. The van der Waals surface area contributed by atoms with Gasteiger partial charge in [0, 0.05) is 73.2 Å². The quantitative estimate of drug-likeness (QED) is 0.248. The first-order valence-electron chi connectivity index (χ1n) is 13.9. The van der Waals surface area contributed by atoms with Gasteiger partial charge in [0.1, 0.15) is 0 Å². The monoisotopic (exact) mass is 566 g/mol. The van der Waals surface area contributed by atoms with Gasteiger partial charge in [0.2, 0.25) is 0 Å². The van der Waals surface area contributed by atoms with Crippen LogP contribution in [0.5, 0.6) is 0 Å². The predicted octanol–water partition coefficient (Wildman–Crippen LogP) is 7.31. The van der Waals surface area contributed by atoms with Crippen LogP contribution in [0.3, 0.4) is 0 Å². The number of benzene rings is 3. The predicted molar refractivity (Wildman–Crippen MR) is 164 cm³/mol. The topological polar surface area (TPSA) is 31.4 Å². The summed E-state index contributed by atoms with van der Waals surface area (Å²) in [5.41, 5.74) is 5.86. The molecule has 214 valence electrons. The van der Waals surface area contributed by atoms with E-state index in [1.54, 1.807) is 18.3 Å². The van der Waals surface area contributed by atoms with Gasteiger partial charge in [-0.25, -0.2) is 0 Å². The maximum atomic E-state index is 14.1. The second-order valence-electron chi connectivity index (χ2n) is 10.7. The van der Waals surface area contributed by atoms with E-state index in [0.29, 0.717) is 11.4 Å². The van der Waals surface area contributed by atoms with E-state index in [4.69, 9.17) is 0 Å². The van der Waals surface area contributed by atoms with Crippen LogP contribution in [-0.2, 0) is 12.7 Å². The molecule has 1 aliphatic heterocycles. The summed E-state index contributed by atoms with van der Waals surface area (Å²) in [5, 5.41) is 3.08. The van der Waals surface area contributed by atoms with Crippen LogP contribution in [0.1, 0.15) is 33.4 Å². The van der Waals surface area contributed by atoms with Gasteiger partial charge in [0.05, 0.1) is 5.56 Å². The van der Waals surface area contributed by atoms with Crippen LogP contribution in [-0.4, -0.2) is 48.0 Å². The number of hydrogen-bond acceptors (Lipinski definition) is 4. The van der Waals surface area contributed by atoms with Crippen molar-refractivity contribution in [1.29, 1.82) is 0 Å². The molecule has 0 atom stereocenters. The summed E-state index contributed by atoms with van der Waals surface area (Å²) >= 11 is 0. The van der Waals surface area contributed by atoms with Gasteiger partial charge >= 0.3 is 6.18 Å². The molecule has 0 spiro atoms. The van der Waals surface area contributed by atoms with Crippen molar-refractivity contribution in [2.45, 2.75) is 19.6 Å². The third kappa shape index (κ3) is 7.27. The highest BCUT2D eigenvalue weighted by Gasteiger charge is 2.34. The summed E-state index contributed by atoms with van der Waals surface area (Å²) in [6, 6.07) is 22.2. The average molecular weight is 567 g/mol. The lowest BCUT2D eigenvalue weighted by atomic mass is 10.0. The average Bonchev–Trinajstić information content (AvgIpc) is 2.98. The normalized spacial score (nSPS) is 14.2. The van der Waals surface area contributed by atoms with Crippen molar-refractivity contribution in [2.75, 3.05) is 38.5 Å². The number of halogens is 3. The molecule has 3 aromatic carbocycles. The number of pyridine rings is 1. The molecule has 1 aromatic heterocycles. The standard InChI is InChI=1S/C35H33F3N4/c1-25-9-11-30(20-29(25)12-10-27-19-32(23-39-22-27)28-7-5-4-6-8-28)26(2)40-33-14-13-31(34(21-33)35(36,37)38)24-42-17-15-41(3)16-18-42/h4-9,11,13-14,19-23,40H,2,15-18,24H2,1,3H3. The molecule has 0 bridgehead atoms. The molecule has 2 heterocycles. The molecule has 1 fully saturated rings. The van der Waals surface area contributed by atoms with Gasteiger partial charge in [0.25, 0.3) is 0 Å². The van der Waals surface area contributed by atoms with E-state index in [0.717, 1.165) is 59.6 Å². The SMILES string of the molecule is C=C(Nc1ccc(CN2CCN(C)CC2)c(C(F)(F)F)c1)c1ccc(C)c(C#Cc2cncc(-c3ccccc3)c2)c1. The number of nitrogens with zero attached hydrogens (tertiary/aromatic N) is 3. The Labute approximate surface area is 245 Å². The van der Waals surface area contributed by atoms with Crippen LogP contribution in [0, 0.1) is 18.8 Å². The summed E-state index contributed by atoms with van der Waals surface area (Å²) < 4.78 is 42.2. The number of hydrogen-bond donors (Lipinski definition) is 1. The number of nitrogens with one attached hydrogen (secondary N) is 1. The molecule has 0 aliphatic carbocycles. The molecule has 1 N–H and O–H groups in total. The minimum Gasteiger partial charge on any atom is -0.356 e. The Morgan fingerprint density at radius 2 is 1.67 bits per heavy atom. The second-order valence-corrected chi connectivity index (χ2v) is 10.7. The van der Waals surface area contributed by atoms with Gasteiger partial charge in [-0.3, -0.25) is 9.88 Å². The maximum Gasteiger partial charge on any atom is 0.416 e. The van der Waals surface area contributed by atoms with Gasteiger partial charge < -0.3 is 10.2 Å². The fourth-order valence-electron chi connectivity index (χ4n) is 4.93. The minimum atomic E-state index is -4.46. The van der Waals surface area contributed by atoms with E-state index in [9.17, 15) is 13.2 Å². The maximum absolute atomic E-state index is 14.1. The molecular formula is C35H33F3N4. The van der Waals surface area contributed by atoms with Crippen molar-refractivity contribution >= 4 is 11.4 Å². The summed E-state index contributed by atoms with van der Waals surface area (Å²) in [6.45, 7) is 9.54. The van der Waals surface area contributed by atoms with Gasteiger partial charge in [0.15, 0.2) is 0 Å². The van der Waals surface area contributed by atoms with Crippen molar-refractivity contribution < 1.29 is 13.2 Å². The first kappa shape index (κ1) is 29.1. The van der Waals surface area contributed by atoms with Crippen LogP contribution in [0.15, 0.2) is 91.8 Å². The van der Waals surface area contributed by atoms with Gasteiger partial charge in [-0.15, -0.1) is 0 Å². The lowest BCUT2D eigenvalue weighted by Crippen LogP contribution is -2.44. The van der Waals surface area contributed by atoms with E-state index in [2.05, 4.69) is 38.5 Å². The zero-order valence-electron chi connectivity index (χ0n) is 23.8. The fraction of sp³-hybridized carbons (Fsp3) is 0.229. The van der Waals surface area contributed by atoms with Crippen LogP contribution in [0.4, 0.5) is 18.9 Å². The van der Waals surface area contributed by atoms with Gasteiger partial charge in [-0.1, -0.05) is 67.0 Å². The first-order valence-corrected chi connectivity index (χ1v) is 13.9. The molecule has 1 saturated heterocycles. The van der Waals surface area contributed by atoms with Crippen molar-refractivity contribution in [3.8, 4) is 23.0 Å². The number of rotatable bonds is 6. The zero-order chi connectivity index (χ0) is 29.7. The molecule has 42 heavy (non-hydrogen) atoms. The zero-order valence-corrected chi connectivity index (χ0v) is 23.8. The Bertz CT molecular complexity index is 1630. The summed E-state index contributed by atoms with van der Waals surface area (Å²) in [7, 11) is 2.03. The lowest BCUT2D eigenvalue weighted by Gasteiger charge is -2.33. The number of anilines is 1. The Morgan fingerprint density at radius 3 is 2.40 bits per heavy atom. The largest absolute Gasteiger partial charge is 0.416 e. The highest BCUT2D eigenvalue weighted by molar-refractivity contribution is 5.76. The number of piperazine rings is 1. The molecule has 1 aliphatic rings.